The summed E-state index contributed by atoms with van der Waals surface area (Å²) < 4.78 is 0. The zero-order valence-electron chi connectivity index (χ0n) is 12.9. The Morgan fingerprint density at radius 1 is 0.667 bits per heavy atom. The molecule has 0 spiro atoms. The van der Waals surface area contributed by atoms with Gasteiger partial charge in [-0.3, -0.25) is 4.98 Å². The van der Waals surface area contributed by atoms with Crippen LogP contribution in [0.5, 0.6) is 0 Å². The lowest BCUT2D eigenvalue weighted by Crippen LogP contribution is -1.88. The van der Waals surface area contributed by atoms with E-state index in [0.29, 0.717) is 0 Å². The van der Waals surface area contributed by atoms with Gasteiger partial charge in [-0.25, -0.2) is 9.97 Å². The van der Waals surface area contributed by atoms with Crippen molar-refractivity contribution in [2.75, 3.05) is 0 Å². The highest BCUT2D eigenvalue weighted by Gasteiger charge is 2.08. The van der Waals surface area contributed by atoms with Crippen molar-refractivity contribution in [1.82, 2.24) is 15.0 Å². The third kappa shape index (κ3) is 2.79. The molecule has 0 atom stereocenters. The molecule has 113 valence electrons. The van der Waals surface area contributed by atoms with Crippen molar-refractivity contribution in [2.45, 2.75) is 0 Å². The maximum absolute atomic E-state index is 4.13. The van der Waals surface area contributed by atoms with Crippen LogP contribution in [0.25, 0.3) is 33.4 Å². The smallest absolute Gasteiger partial charge is 0.115 e. The van der Waals surface area contributed by atoms with Gasteiger partial charge in [-0.05, 0) is 58.1 Å². The Balaban J connectivity index is 1.84. The molecule has 0 amide bonds. The van der Waals surface area contributed by atoms with Crippen molar-refractivity contribution < 1.29 is 0 Å². The van der Waals surface area contributed by atoms with E-state index in [1.54, 1.807) is 6.33 Å². The van der Waals surface area contributed by atoms with Gasteiger partial charge in [-0.2, -0.15) is 0 Å². The molecule has 24 heavy (non-hydrogen) atoms. The van der Waals surface area contributed by atoms with Crippen LogP contribution in [0, 0.1) is 6.07 Å². The lowest BCUT2D eigenvalue weighted by atomic mass is 9.94. The summed E-state index contributed by atoms with van der Waals surface area (Å²) in [6, 6.07) is 21.7. The molecule has 0 aliphatic heterocycles. The van der Waals surface area contributed by atoms with Gasteiger partial charge in [0.25, 0.3) is 0 Å². The predicted molar refractivity (Wildman–Crippen MR) is 95.0 cm³/mol. The first-order valence-corrected chi connectivity index (χ1v) is 7.68. The highest BCUT2D eigenvalue weighted by molar-refractivity contribution is 5.84. The van der Waals surface area contributed by atoms with Crippen LogP contribution in [0.4, 0.5) is 0 Å². The first kappa shape index (κ1) is 14.3. The molecule has 4 aromatic rings. The number of hydrogen-bond donors (Lipinski definition) is 0. The number of rotatable bonds is 3. The van der Waals surface area contributed by atoms with Crippen LogP contribution in [0.15, 0.2) is 85.7 Å². The van der Waals surface area contributed by atoms with E-state index in [0.717, 1.165) is 33.4 Å². The Hall–Kier alpha value is -3.33. The summed E-state index contributed by atoms with van der Waals surface area (Å²) in [5.41, 5.74) is 6.66. The van der Waals surface area contributed by atoms with Crippen molar-refractivity contribution in [1.29, 1.82) is 0 Å². The van der Waals surface area contributed by atoms with Gasteiger partial charge in [0, 0.05) is 30.4 Å². The number of hydrogen-bond acceptors (Lipinski definition) is 3. The standard InChI is InChI=1S/C21H14N3/c1-2-7-21(19-13-23-15-24-14-19)20(6-1)18-5-3-4-17(12-18)16-8-10-22-11-9-16/h1,3-15H. The molecule has 4 rings (SSSR count). The maximum atomic E-state index is 4.13. The van der Waals surface area contributed by atoms with Crippen molar-refractivity contribution >= 4 is 0 Å². The summed E-state index contributed by atoms with van der Waals surface area (Å²) in [5, 5.41) is 0. The van der Waals surface area contributed by atoms with E-state index in [1.165, 1.54) is 0 Å². The van der Waals surface area contributed by atoms with E-state index >= 15 is 0 Å². The largest absolute Gasteiger partial charge is 0.265 e. The lowest BCUT2D eigenvalue weighted by molar-refractivity contribution is 1.17. The Morgan fingerprint density at radius 2 is 1.46 bits per heavy atom. The van der Waals surface area contributed by atoms with Gasteiger partial charge in [0.05, 0.1) is 0 Å². The summed E-state index contributed by atoms with van der Waals surface area (Å²) >= 11 is 0. The van der Waals surface area contributed by atoms with Gasteiger partial charge in [0.2, 0.25) is 0 Å². The zero-order valence-corrected chi connectivity index (χ0v) is 12.9. The van der Waals surface area contributed by atoms with E-state index in [-0.39, 0.29) is 0 Å². The van der Waals surface area contributed by atoms with Crippen LogP contribution in [-0.2, 0) is 0 Å². The quantitative estimate of drug-likeness (QED) is 0.552. The first-order chi connectivity index (χ1) is 11.9. The van der Waals surface area contributed by atoms with E-state index in [1.807, 2.05) is 49.1 Å². The van der Waals surface area contributed by atoms with E-state index < -0.39 is 0 Å². The van der Waals surface area contributed by atoms with E-state index in [4.69, 9.17) is 0 Å². The minimum Gasteiger partial charge on any atom is -0.265 e. The monoisotopic (exact) mass is 308 g/mol. The molecule has 0 fully saturated rings. The molecule has 2 aromatic carbocycles. The summed E-state index contributed by atoms with van der Waals surface area (Å²) in [6.45, 7) is 0. The Bertz CT molecular complexity index is 951. The molecular formula is C21H14N3. The molecule has 0 aliphatic rings. The molecule has 3 heteroatoms. The predicted octanol–water partition coefficient (Wildman–Crippen LogP) is 4.67. The van der Waals surface area contributed by atoms with Crippen LogP contribution in [0.2, 0.25) is 0 Å². The Kier molecular flexibility index (Phi) is 3.82. The fourth-order valence-electron chi connectivity index (χ4n) is 2.77. The van der Waals surface area contributed by atoms with Crippen LogP contribution >= 0.6 is 0 Å². The SMILES string of the molecule is [c]1ccc(-c2cccc(-c3ccncc3)c2)c(-c2cncnc2)c1. The topological polar surface area (TPSA) is 38.7 Å². The van der Waals surface area contributed by atoms with Gasteiger partial charge in [0.1, 0.15) is 6.33 Å². The summed E-state index contributed by atoms with van der Waals surface area (Å²) in [5.74, 6) is 0. The van der Waals surface area contributed by atoms with Gasteiger partial charge < -0.3 is 0 Å². The molecule has 2 heterocycles. The van der Waals surface area contributed by atoms with Gasteiger partial charge in [-0.1, -0.05) is 30.3 Å². The minimum absolute atomic E-state index is 0.985. The minimum atomic E-state index is 0.985. The Labute approximate surface area is 140 Å². The van der Waals surface area contributed by atoms with Gasteiger partial charge in [0.15, 0.2) is 0 Å². The molecule has 0 unspecified atom stereocenters. The van der Waals surface area contributed by atoms with Crippen molar-refractivity contribution in [2.24, 2.45) is 0 Å². The fourth-order valence-corrected chi connectivity index (χ4v) is 2.77. The second-order valence-electron chi connectivity index (χ2n) is 5.42. The summed E-state index contributed by atoms with van der Waals surface area (Å²) in [4.78, 5) is 12.3. The van der Waals surface area contributed by atoms with Crippen LogP contribution in [0.1, 0.15) is 0 Å². The normalized spacial score (nSPS) is 10.5. The number of pyridine rings is 1. The summed E-state index contributed by atoms with van der Waals surface area (Å²) in [6.07, 6.45) is 8.82. The van der Waals surface area contributed by atoms with Crippen LogP contribution in [0.3, 0.4) is 0 Å². The molecular weight excluding hydrogens is 294 g/mol. The van der Waals surface area contributed by atoms with Crippen molar-refractivity contribution in [3.63, 3.8) is 0 Å². The fraction of sp³-hybridized carbons (Fsp3) is 0. The third-order valence-electron chi connectivity index (χ3n) is 3.92. The first-order valence-electron chi connectivity index (χ1n) is 7.68. The summed E-state index contributed by atoms with van der Waals surface area (Å²) in [7, 11) is 0. The number of benzene rings is 2. The molecule has 0 N–H and O–H groups in total. The third-order valence-corrected chi connectivity index (χ3v) is 3.92. The second kappa shape index (κ2) is 6.42. The second-order valence-corrected chi connectivity index (χ2v) is 5.42. The molecule has 2 aromatic heterocycles. The Morgan fingerprint density at radius 3 is 2.29 bits per heavy atom. The zero-order chi connectivity index (χ0) is 16.2. The van der Waals surface area contributed by atoms with E-state index in [9.17, 15) is 0 Å². The van der Waals surface area contributed by atoms with Crippen molar-refractivity contribution in [3.8, 4) is 33.4 Å². The van der Waals surface area contributed by atoms with E-state index in [2.05, 4.69) is 51.4 Å². The molecule has 0 saturated heterocycles. The maximum Gasteiger partial charge on any atom is 0.115 e. The molecule has 3 nitrogen and oxygen atoms in total. The average molecular weight is 308 g/mol. The molecule has 1 radical (unpaired) electrons. The highest BCUT2D eigenvalue weighted by atomic mass is 14.8. The van der Waals surface area contributed by atoms with Crippen molar-refractivity contribution in [3.05, 3.63) is 91.8 Å². The van der Waals surface area contributed by atoms with Gasteiger partial charge >= 0.3 is 0 Å². The van der Waals surface area contributed by atoms with Crippen LogP contribution < -0.4 is 0 Å². The lowest BCUT2D eigenvalue weighted by Gasteiger charge is -2.11. The molecule has 0 saturated carbocycles. The van der Waals surface area contributed by atoms with Crippen LogP contribution in [-0.4, -0.2) is 15.0 Å². The molecule has 0 aliphatic carbocycles. The average Bonchev–Trinajstić information content (AvgIpc) is 2.69. The highest BCUT2D eigenvalue weighted by Crippen LogP contribution is 2.33. The number of nitrogens with zero attached hydrogens (tertiary/aromatic N) is 3. The van der Waals surface area contributed by atoms with Gasteiger partial charge in [-0.15, -0.1) is 0 Å². The number of aromatic nitrogens is 3. The molecule has 0 bridgehead atoms.